The minimum atomic E-state index is 0.0717. The highest BCUT2D eigenvalue weighted by molar-refractivity contribution is 5.75. The molecule has 4 atom stereocenters. The van der Waals surface area contributed by atoms with Crippen LogP contribution >= 0.6 is 0 Å². The van der Waals surface area contributed by atoms with E-state index < -0.39 is 0 Å². The summed E-state index contributed by atoms with van der Waals surface area (Å²) < 4.78 is 10.8. The van der Waals surface area contributed by atoms with Crippen molar-refractivity contribution >= 4 is 6.03 Å². The van der Waals surface area contributed by atoms with Crippen molar-refractivity contribution in [2.24, 2.45) is 11.8 Å². The first-order valence-corrected chi connectivity index (χ1v) is 11.6. The summed E-state index contributed by atoms with van der Waals surface area (Å²) in [6.07, 6.45) is 10.1. The van der Waals surface area contributed by atoms with Crippen molar-refractivity contribution in [1.82, 2.24) is 15.1 Å². The molecule has 0 spiro atoms. The van der Waals surface area contributed by atoms with Gasteiger partial charge in [-0.05, 0) is 68.2 Å². The quantitative estimate of drug-likeness (QED) is 0.760. The molecule has 2 bridgehead atoms. The Morgan fingerprint density at radius 1 is 1.13 bits per heavy atom. The zero-order chi connectivity index (χ0) is 20.1. The lowest BCUT2D eigenvalue weighted by atomic mass is 9.68. The van der Waals surface area contributed by atoms with Gasteiger partial charge in [0.15, 0.2) is 11.5 Å². The van der Waals surface area contributed by atoms with Gasteiger partial charge in [-0.25, -0.2) is 4.79 Å². The number of hydrogen-bond acceptors (Lipinski definition) is 4. The molecule has 6 heteroatoms. The average molecular weight is 410 g/mol. The molecule has 4 aliphatic heterocycles. The number of carbonyl (C=O) groups excluding carboxylic acids is 1. The van der Waals surface area contributed by atoms with Gasteiger partial charge in [0.1, 0.15) is 0 Å². The third-order valence-electron chi connectivity index (χ3n) is 7.80. The zero-order valence-corrected chi connectivity index (χ0v) is 17.5. The van der Waals surface area contributed by atoms with E-state index in [1.165, 1.54) is 37.8 Å². The van der Waals surface area contributed by atoms with Gasteiger partial charge in [0.05, 0.1) is 6.04 Å². The molecule has 1 aliphatic carbocycles. The van der Waals surface area contributed by atoms with Crippen molar-refractivity contribution in [3.8, 4) is 11.5 Å². The maximum atomic E-state index is 13.2. The predicted octanol–water partition coefficient (Wildman–Crippen LogP) is 3.52. The first kappa shape index (κ1) is 18.6. The minimum Gasteiger partial charge on any atom is -0.454 e. The molecule has 2 amide bonds. The maximum Gasteiger partial charge on any atom is 0.318 e. The lowest BCUT2D eigenvalue weighted by Gasteiger charge is -2.54. The van der Waals surface area contributed by atoms with Gasteiger partial charge < -0.3 is 19.7 Å². The molecule has 3 saturated heterocycles. The number of fused-ring (bicyclic) bond motifs is 7. The first-order valence-electron chi connectivity index (χ1n) is 11.6. The lowest BCUT2D eigenvalue weighted by Crippen LogP contribution is -2.61. The van der Waals surface area contributed by atoms with Crippen LogP contribution in [0, 0.1) is 11.8 Å². The number of benzene rings is 1. The number of piperidine rings is 3. The first-order chi connectivity index (χ1) is 14.8. The van der Waals surface area contributed by atoms with E-state index in [1.807, 2.05) is 18.2 Å². The monoisotopic (exact) mass is 409 g/mol. The molecule has 160 valence electrons. The number of urea groups is 1. The van der Waals surface area contributed by atoms with Crippen LogP contribution in [0.15, 0.2) is 29.8 Å². The van der Waals surface area contributed by atoms with E-state index in [4.69, 9.17) is 9.47 Å². The van der Waals surface area contributed by atoms with E-state index in [1.54, 1.807) is 0 Å². The van der Waals surface area contributed by atoms with Gasteiger partial charge in [-0.15, -0.1) is 0 Å². The van der Waals surface area contributed by atoms with Crippen LogP contribution in [-0.2, 0) is 6.54 Å². The second-order valence-electron chi connectivity index (χ2n) is 9.55. The highest BCUT2D eigenvalue weighted by Gasteiger charge is 2.46. The summed E-state index contributed by atoms with van der Waals surface area (Å²) in [6, 6.07) is 6.99. The lowest BCUT2D eigenvalue weighted by molar-refractivity contribution is 0.00788. The predicted molar refractivity (Wildman–Crippen MR) is 113 cm³/mol. The third kappa shape index (κ3) is 3.16. The topological polar surface area (TPSA) is 54.0 Å². The molecule has 5 aliphatic rings. The molecule has 1 aromatic rings. The highest BCUT2D eigenvalue weighted by Crippen LogP contribution is 2.45. The van der Waals surface area contributed by atoms with Crippen molar-refractivity contribution in [3.63, 3.8) is 0 Å². The smallest absolute Gasteiger partial charge is 0.318 e. The molecule has 0 unspecified atom stereocenters. The van der Waals surface area contributed by atoms with Crippen LogP contribution in [0.4, 0.5) is 4.79 Å². The second kappa shape index (κ2) is 7.49. The maximum absolute atomic E-state index is 13.2. The summed E-state index contributed by atoms with van der Waals surface area (Å²) in [5, 5.41) is 3.17. The standard InChI is InChI=1S/C24H31N3O3/c28-24(25-13-16-6-7-21-22(10-16)30-15-29-21)27-9-3-4-17-11-18-12-19(23(17)27)14-26-8-2-1-5-20(18)26/h6-7,10-11,18-20,23H,1-5,8-9,12-15H2,(H,25,28)/t18-,19-,20-,23-/m0/s1. The van der Waals surface area contributed by atoms with Crippen LogP contribution in [0.5, 0.6) is 11.5 Å². The Morgan fingerprint density at radius 2 is 2.07 bits per heavy atom. The fraction of sp³-hybridized carbons (Fsp3) is 0.625. The molecule has 1 N–H and O–H groups in total. The van der Waals surface area contributed by atoms with Crippen molar-refractivity contribution < 1.29 is 14.3 Å². The van der Waals surface area contributed by atoms with Crippen LogP contribution in [-0.4, -0.2) is 54.3 Å². The minimum absolute atomic E-state index is 0.0717. The van der Waals surface area contributed by atoms with Crippen molar-refractivity contribution in [1.29, 1.82) is 0 Å². The Kier molecular flexibility index (Phi) is 4.63. The summed E-state index contributed by atoms with van der Waals surface area (Å²) in [4.78, 5) is 18.1. The van der Waals surface area contributed by atoms with Crippen LogP contribution in [0.25, 0.3) is 0 Å². The molecule has 0 saturated carbocycles. The Bertz CT molecular complexity index is 869. The van der Waals surface area contributed by atoms with Crippen LogP contribution in [0.3, 0.4) is 0 Å². The van der Waals surface area contributed by atoms with E-state index in [0.29, 0.717) is 18.4 Å². The van der Waals surface area contributed by atoms with E-state index in [0.717, 1.165) is 49.0 Å². The number of nitrogens with one attached hydrogen (secondary N) is 1. The summed E-state index contributed by atoms with van der Waals surface area (Å²) in [5.74, 6) is 2.83. The van der Waals surface area contributed by atoms with E-state index in [2.05, 4.69) is 21.2 Å². The van der Waals surface area contributed by atoms with Gasteiger partial charge in [0, 0.05) is 25.7 Å². The zero-order valence-electron chi connectivity index (χ0n) is 17.5. The normalized spacial score (nSPS) is 32.1. The van der Waals surface area contributed by atoms with Gasteiger partial charge >= 0.3 is 6.03 Å². The van der Waals surface area contributed by atoms with Crippen molar-refractivity contribution in [3.05, 3.63) is 35.4 Å². The number of hydrogen-bond donors (Lipinski definition) is 1. The van der Waals surface area contributed by atoms with Gasteiger partial charge in [-0.2, -0.15) is 0 Å². The van der Waals surface area contributed by atoms with E-state index >= 15 is 0 Å². The van der Waals surface area contributed by atoms with Crippen molar-refractivity contribution in [2.75, 3.05) is 26.4 Å². The highest BCUT2D eigenvalue weighted by atomic mass is 16.7. The van der Waals surface area contributed by atoms with Gasteiger partial charge in [0.2, 0.25) is 6.79 Å². The van der Waals surface area contributed by atoms with Crippen LogP contribution in [0.1, 0.15) is 44.1 Å². The van der Waals surface area contributed by atoms with Crippen LogP contribution < -0.4 is 14.8 Å². The molecule has 3 fully saturated rings. The van der Waals surface area contributed by atoms with Gasteiger partial charge in [0.25, 0.3) is 0 Å². The Labute approximate surface area is 178 Å². The molecule has 0 aromatic heterocycles. The second-order valence-corrected chi connectivity index (χ2v) is 9.55. The number of carbonyl (C=O) groups is 1. The molecule has 30 heavy (non-hydrogen) atoms. The van der Waals surface area contributed by atoms with Crippen molar-refractivity contribution in [2.45, 2.75) is 57.2 Å². The fourth-order valence-corrected chi connectivity index (χ4v) is 6.53. The summed E-state index contributed by atoms with van der Waals surface area (Å²) >= 11 is 0. The summed E-state index contributed by atoms with van der Waals surface area (Å²) in [7, 11) is 0. The molecular weight excluding hydrogens is 378 g/mol. The number of likely N-dealkylation sites (tertiary alicyclic amines) is 1. The number of rotatable bonds is 2. The van der Waals surface area contributed by atoms with Gasteiger partial charge in [-0.1, -0.05) is 24.1 Å². The Morgan fingerprint density at radius 3 is 3.03 bits per heavy atom. The van der Waals surface area contributed by atoms with E-state index in [9.17, 15) is 4.79 Å². The molecule has 1 aromatic carbocycles. The molecule has 6 rings (SSSR count). The Hall–Kier alpha value is -2.21. The van der Waals surface area contributed by atoms with Gasteiger partial charge in [-0.3, -0.25) is 4.90 Å². The van der Waals surface area contributed by atoms with Crippen LogP contribution in [0.2, 0.25) is 0 Å². The molecule has 0 radical (unpaired) electrons. The molecule has 4 heterocycles. The third-order valence-corrected chi connectivity index (χ3v) is 7.80. The molecule has 6 nitrogen and oxygen atoms in total. The summed E-state index contributed by atoms with van der Waals surface area (Å²) in [5.41, 5.74) is 2.57. The van der Waals surface area contributed by atoms with E-state index in [-0.39, 0.29) is 18.9 Å². The number of nitrogens with zero attached hydrogens (tertiary/aromatic N) is 2. The average Bonchev–Trinajstić information content (AvgIpc) is 3.25. The SMILES string of the molecule is O=C(NCc1ccc2c(c1)OCO2)N1CCCC2=C[C@H]3C[C@@H](CN4CCCC[C@@H]34)[C@H]21. The number of ether oxygens (including phenoxy) is 2. The number of amides is 2. The summed E-state index contributed by atoms with van der Waals surface area (Å²) in [6.45, 7) is 4.05. The Balaban J connectivity index is 1.17. The fourth-order valence-electron chi connectivity index (χ4n) is 6.53. The largest absolute Gasteiger partial charge is 0.454 e. The molecular formula is C24H31N3O3.